The minimum absolute atomic E-state index is 0.0890. The molecule has 1 amide bonds. The van der Waals surface area contributed by atoms with Crippen LogP contribution in [-0.4, -0.2) is 48.5 Å². The van der Waals surface area contributed by atoms with Crippen molar-refractivity contribution >= 4 is 27.7 Å². The third-order valence-corrected chi connectivity index (χ3v) is 7.90. The fraction of sp³-hybridized carbons (Fsp3) is 0.650. The lowest BCUT2D eigenvalue weighted by molar-refractivity contribution is -0.124. The van der Waals surface area contributed by atoms with Gasteiger partial charge in [-0.1, -0.05) is 69.4 Å². The average Bonchev–Trinajstić information content (AvgIpc) is 2.80. The van der Waals surface area contributed by atoms with Crippen molar-refractivity contribution in [2.24, 2.45) is 0 Å². The lowest BCUT2D eigenvalue weighted by Gasteiger charge is -2.27. The van der Waals surface area contributed by atoms with Gasteiger partial charge in [-0.05, 0) is 12.0 Å². The summed E-state index contributed by atoms with van der Waals surface area (Å²) in [5.74, 6) is 0.965. The Hall–Kier alpha value is -1.05. The van der Waals surface area contributed by atoms with Crippen LogP contribution >= 0.6 is 11.8 Å². The molecule has 2 rings (SSSR count). The summed E-state index contributed by atoms with van der Waals surface area (Å²) < 4.78 is 26.9. The van der Waals surface area contributed by atoms with Gasteiger partial charge in [0.15, 0.2) is 0 Å². The first kappa shape index (κ1) is 22.2. The zero-order valence-corrected chi connectivity index (χ0v) is 17.9. The number of amides is 1. The predicted octanol–water partition coefficient (Wildman–Crippen LogP) is 3.41. The number of sulfonamides is 1. The fourth-order valence-electron chi connectivity index (χ4n) is 3.17. The summed E-state index contributed by atoms with van der Waals surface area (Å²) in [6.45, 7) is 3.06. The summed E-state index contributed by atoms with van der Waals surface area (Å²) in [5, 5.41) is 2.97. The van der Waals surface area contributed by atoms with Crippen molar-refractivity contribution in [2.75, 3.05) is 23.8 Å². The molecule has 1 aliphatic rings. The van der Waals surface area contributed by atoms with Crippen LogP contribution in [0.25, 0.3) is 0 Å². The molecule has 1 fully saturated rings. The maximum Gasteiger partial charge on any atom is 0.239 e. The molecule has 0 bridgehead atoms. The second kappa shape index (κ2) is 11.7. The Morgan fingerprint density at radius 3 is 2.59 bits per heavy atom. The van der Waals surface area contributed by atoms with Gasteiger partial charge in [0.1, 0.15) is 6.04 Å². The van der Waals surface area contributed by atoms with Gasteiger partial charge in [0.2, 0.25) is 15.9 Å². The number of benzene rings is 1. The number of thioether (sulfide) groups is 1. The van der Waals surface area contributed by atoms with Crippen LogP contribution in [0.4, 0.5) is 0 Å². The smallest absolute Gasteiger partial charge is 0.239 e. The molecule has 0 saturated carbocycles. The average molecular weight is 413 g/mol. The highest BCUT2D eigenvalue weighted by atomic mass is 32.2. The van der Waals surface area contributed by atoms with Crippen LogP contribution in [0.2, 0.25) is 0 Å². The molecule has 1 heterocycles. The minimum Gasteiger partial charge on any atom is -0.355 e. The Morgan fingerprint density at radius 1 is 1.15 bits per heavy atom. The molecule has 1 saturated heterocycles. The van der Waals surface area contributed by atoms with Crippen molar-refractivity contribution in [3.63, 3.8) is 0 Å². The molecule has 1 aromatic rings. The van der Waals surface area contributed by atoms with E-state index in [1.165, 1.54) is 41.8 Å². The van der Waals surface area contributed by atoms with Crippen molar-refractivity contribution in [1.29, 1.82) is 0 Å². The summed E-state index contributed by atoms with van der Waals surface area (Å²) in [4.78, 5) is 12.7. The van der Waals surface area contributed by atoms with Gasteiger partial charge in [-0.2, -0.15) is 16.1 Å². The minimum atomic E-state index is -3.45. The largest absolute Gasteiger partial charge is 0.355 e. The fourth-order valence-corrected chi connectivity index (χ4v) is 6.43. The summed E-state index contributed by atoms with van der Waals surface area (Å²) in [6, 6.07) is 8.85. The lowest BCUT2D eigenvalue weighted by atomic mass is 10.1. The normalized spacial score (nSPS) is 20.1. The third kappa shape index (κ3) is 7.47. The molecule has 7 heteroatoms. The van der Waals surface area contributed by atoms with E-state index in [1.54, 1.807) is 0 Å². The van der Waals surface area contributed by atoms with E-state index < -0.39 is 16.1 Å². The number of nitrogens with zero attached hydrogens (tertiary/aromatic N) is 1. The molecule has 5 nitrogen and oxygen atoms in total. The molecule has 0 aliphatic carbocycles. The van der Waals surface area contributed by atoms with Crippen LogP contribution in [0.3, 0.4) is 0 Å². The first-order valence-corrected chi connectivity index (χ1v) is 12.7. The maximum atomic E-state index is 12.7. The molecule has 0 aromatic heterocycles. The van der Waals surface area contributed by atoms with Gasteiger partial charge in [0, 0.05) is 24.6 Å². The van der Waals surface area contributed by atoms with Gasteiger partial charge < -0.3 is 5.32 Å². The topological polar surface area (TPSA) is 66.5 Å². The van der Waals surface area contributed by atoms with Gasteiger partial charge in [-0.15, -0.1) is 0 Å². The van der Waals surface area contributed by atoms with Crippen molar-refractivity contribution in [1.82, 2.24) is 9.62 Å². The standard InChI is InChI=1S/C20H32N2O3S2/c1-2-3-4-5-6-10-13-21-20(23)19-17-26-14-15-27(24,25)22(19)16-18-11-8-7-9-12-18/h7-9,11-12,19H,2-6,10,13-17H2,1H3,(H,21,23). The molecule has 27 heavy (non-hydrogen) atoms. The van der Waals surface area contributed by atoms with E-state index in [0.29, 0.717) is 18.1 Å². The molecule has 1 aromatic carbocycles. The third-order valence-electron chi connectivity index (χ3n) is 4.78. The molecule has 152 valence electrons. The zero-order chi connectivity index (χ0) is 19.5. The highest BCUT2D eigenvalue weighted by molar-refractivity contribution is 8.00. The maximum absolute atomic E-state index is 12.7. The molecule has 1 N–H and O–H groups in total. The van der Waals surface area contributed by atoms with Crippen molar-refractivity contribution < 1.29 is 13.2 Å². The second-order valence-corrected chi connectivity index (χ2v) is 10.2. The Kier molecular flexibility index (Phi) is 9.65. The van der Waals surface area contributed by atoms with Crippen molar-refractivity contribution in [2.45, 2.75) is 58.0 Å². The Bertz CT molecular complexity index is 665. The number of carbonyl (C=O) groups is 1. The first-order chi connectivity index (χ1) is 13.0. The van der Waals surface area contributed by atoms with Crippen LogP contribution in [0, 0.1) is 0 Å². The van der Waals surface area contributed by atoms with Crippen LogP contribution in [0.5, 0.6) is 0 Å². The van der Waals surface area contributed by atoms with Crippen LogP contribution in [0.15, 0.2) is 30.3 Å². The number of nitrogens with one attached hydrogen (secondary N) is 1. The summed E-state index contributed by atoms with van der Waals surface area (Å²) in [7, 11) is -3.45. The van der Waals surface area contributed by atoms with E-state index in [1.807, 2.05) is 30.3 Å². The Labute approximate surface area is 168 Å². The number of rotatable bonds is 10. The van der Waals surface area contributed by atoms with E-state index in [9.17, 15) is 13.2 Å². The van der Waals surface area contributed by atoms with Gasteiger partial charge in [0.05, 0.1) is 5.75 Å². The van der Waals surface area contributed by atoms with E-state index in [2.05, 4.69) is 12.2 Å². The predicted molar refractivity (Wildman–Crippen MR) is 113 cm³/mol. The van der Waals surface area contributed by atoms with Crippen molar-refractivity contribution in [3.8, 4) is 0 Å². The monoisotopic (exact) mass is 412 g/mol. The number of carbonyl (C=O) groups excluding carboxylic acids is 1. The SMILES string of the molecule is CCCCCCCCNC(=O)C1CSCCS(=O)(=O)N1Cc1ccccc1. The van der Waals surface area contributed by atoms with Crippen LogP contribution < -0.4 is 5.32 Å². The van der Waals surface area contributed by atoms with Crippen LogP contribution in [-0.2, 0) is 21.4 Å². The number of hydrogen-bond donors (Lipinski definition) is 1. The lowest BCUT2D eigenvalue weighted by Crippen LogP contribution is -2.50. The number of unbranched alkanes of at least 4 members (excludes halogenated alkanes) is 5. The van der Waals surface area contributed by atoms with E-state index in [-0.39, 0.29) is 18.2 Å². The molecular formula is C20H32N2O3S2. The Balaban J connectivity index is 1.94. The quantitative estimate of drug-likeness (QED) is 0.598. The van der Waals surface area contributed by atoms with Gasteiger partial charge in [0.25, 0.3) is 0 Å². The number of hydrogen-bond acceptors (Lipinski definition) is 4. The summed E-state index contributed by atoms with van der Waals surface area (Å²) in [6.07, 6.45) is 6.97. The van der Waals surface area contributed by atoms with E-state index in [0.717, 1.165) is 18.4 Å². The Morgan fingerprint density at radius 2 is 1.85 bits per heavy atom. The molecule has 1 aliphatic heterocycles. The summed E-state index contributed by atoms with van der Waals surface area (Å²) in [5.41, 5.74) is 0.904. The molecule has 0 radical (unpaired) electrons. The molecule has 1 atom stereocenters. The molecule has 1 unspecified atom stereocenters. The summed E-state index contributed by atoms with van der Waals surface area (Å²) >= 11 is 1.54. The molecule has 0 spiro atoms. The van der Waals surface area contributed by atoms with E-state index in [4.69, 9.17) is 0 Å². The first-order valence-electron chi connectivity index (χ1n) is 9.93. The van der Waals surface area contributed by atoms with E-state index >= 15 is 0 Å². The highest BCUT2D eigenvalue weighted by Gasteiger charge is 2.36. The highest BCUT2D eigenvalue weighted by Crippen LogP contribution is 2.22. The second-order valence-electron chi connectivity index (χ2n) is 7.00. The zero-order valence-electron chi connectivity index (χ0n) is 16.2. The van der Waals surface area contributed by atoms with Crippen LogP contribution in [0.1, 0.15) is 51.0 Å². The van der Waals surface area contributed by atoms with Gasteiger partial charge >= 0.3 is 0 Å². The van der Waals surface area contributed by atoms with Crippen molar-refractivity contribution in [3.05, 3.63) is 35.9 Å². The van der Waals surface area contributed by atoms with Gasteiger partial charge in [-0.3, -0.25) is 4.79 Å². The molecular weight excluding hydrogens is 380 g/mol. The van der Waals surface area contributed by atoms with Gasteiger partial charge in [-0.25, -0.2) is 8.42 Å².